The zero-order valence-electron chi connectivity index (χ0n) is 12.8. The van der Waals surface area contributed by atoms with E-state index in [1.165, 1.54) is 0 Å². The van der Waals surface area contributed by atoms with Gasteiger partial charge in [-0.15, -0.1) is 0 Å². The first-order chi connectivity index (χ1) is 11.2. The summed E-state index contributed by atoms with van der Waals surface area (Å²) in [7, 11) is 1.57. The van der Waals surface area contributed by atoms with E-state index in [1.54, 1.807) is 48.6 Å². The molecular weight excluding hydrogens is 296 g/mol. The number of carbonyl (C=O) groups is 2. The van der Waals surface area contributed by atoms with Crippen LogP contribution in [0.15, 0.2) is 47.1 Å². The SMILES string of the molecule is COc1cccc(NC(=O)[C@@H]2CC(=O)N(Cc3ccco3)C2)c1. The van der Waals surface area contributed by atoms with E-state index in [4.69, 9.17) is 9.15 Å². The summed E-state index contributed by atoms with van der Waals surface area (Å²) in [5.41, 5.74) is 0.659. The molecule has 2 aromatic rings. The second-order valence-electron chi connectivity index (χ2n) is 5.48. The van der Waals surface area contributed by atoms with E-state index in [9.17, 15) is 9.59 Å². The number of benzene rings is 1. The summed E-state index contributed by atoms with van der Waals surface area (Å²) < 4.78 is 10.4. The summed E-state index contributed by atoms with van der Waals surface area (Å²) >= 11 is 0. The molecule has 3 rings (SSSR count). The van der Waals surface area contributed by atoms with Crippen molar-refractivity contribution in [3.63, 3.8) is 0 Å². The number of nitrogens with zero attached hydrogens (tertiary/aromatic N) is 1. The molecule has 1 atom stereocenters. The monoisotopic (exact) mass is 314 g/mol. The normalized spacial score (nSPS) is 17.3. The molecule has 6 heteroatoms. The van der Waals surface area contributed by atoms with E-state index in [2.05, 4.69) is 5.32 Å². The third kappa shape index (κ3) is 3.53. The molecule has 2 amide bonds. The van der Waals surface area contributed by atoms with E-state index in [-0.39, 0.29) is 24.2 Å². The number of rotatable bonds is 5. The third-order valence-electron chi connectivity index (χ3n) is 3.85. The van der Waals surface area contributed by atoms with Crippen LogP contribution >= 0.6 is 0 Å². The van der Waals surface area contributed by atoms with Crippen LogP contribution in [-0.4, -0.2) is 30.4 Å². The lowest BCUT2D eigenvalue weighted by Crippen LogP contribution is -2.27. The maximum Gasteiger partial charge on any atom is 0.229 e. The molecule has 1 aliphatic heterocycles. The standard InChI is InChI=1S/C17H18N2O4/c1-22-14-5-2-4-13(9-14)18-17(21)12-8-16(20)19(10-12)11-15-6-3-7-23-15/h2-7,9,12H,8,10-11H2,1H3,(H,18,21)/t12-/m1/s1. The highest BCUT2D eigenvalue weighted by Gasteiger charge is 2.34. The van der Waals surface area contributed by atoms with E-state index >= 15 is 0 Å². The van der Waals surface area contributed by atoms with Gasteiger partial charge >= 0.3 is 0 Å². The van der Waals surface area contributed by atoms with Crippen LogP contribution in [0.4, 0.5) is 5.69 Å². The van der Waals surface area contributed by atoms with Crippen molar-refractivity contribution in [2.24, 2.45) is 5.92 Å². The van der Waals surface area contributed by atoms with E-state index < -0.39 is 0 Å². The summed E-state index contributed by atoms with van der Waals surface area (Å²) in [6.45, 7) is 0.796. The highest BCUT2D eigenvalue weighted by atomic mass is 16.5. The van der Waals surface area contributed by atoms with Crippen molar-refractivity contribution >= 4 is 17.5 Å². The van der Waals surface area contributed by atoms with Gasteiger partial charge in [-0.3, -0.25) is 9.59 Å². The predicted molar refractivity (Wildman–Crippen MR) is 83.9 cm³/mol. The van der Waals surface area contributed by atoms with Gasteiger partial charge in [0.1, 0.15) is 11.5 Å². The Kier molecular flexibility index (Phi) is 4.32. The van der Waals surface area contributed by atoms with Crippen LogP contribution in [0.2, 0.25) is 0 Å². The molecule has 2 heterocycles. The lowest BCUT2D eigenvalue weighted by Gasteiger charge is -2.15. The van der Waals surface area contributed by atoms with Gasteiger partial charge in [-0.25, -0.2) is 0 Å². The summed E-state index contributed by atoms with van der Waals surface area (Å²) in [6.07, 6.45) is 1.79. The summed E-state index contributed by atoms with van der Waals surface area (Å²) in [4.78, 5) is 26.1. The number of hydrogen-bond donors (Lipinski definition) is 1. The molecule has 0 radical (unpaired) electrons. The molecule has 1 aromatic heterocycles. The Bertz CT molecular complexity index is 696. The van der Waals surface area contributed by atoms with Gasteiger partial charge in [0, 0.05) is 24.7 Å². The highest BCUT2D eigenvalue weighted by Crippen LogP contribution is 2.23. The van der Waals surface area contributed by atoms with Gasteiger partial charge in [0.2, 0.25) is 11.8 Å². The largest absolute Gasteiger partial charge is 0.497 e. The average Bonchev–Trinajstić information content (AvgIpc) is 3.18. The maximum absolute atomic E-state index is 12.4. The zero-order valence-corrected chi connectivity index (χ0v) is 12.8. The minimum atomic E-state index is -0.358. The van der Waals surface area contributed by atoms with Crippen molar-refractivity contribution < 1.29 is 18.7 Å². The van der Waals surface area contributed by atoms with Gasteiger partial charge in [0.05, 0.1) is 25.8 Å². The molecule has 1 saturated heterocycles. The fourth-order valence-corrected chi connectivity index (χ4v) is 2.64. The van der Waals surface area contributed by atoms with Gasteiger partial charge in [0.15, 0.2) is 0 Å². The van der Waals surface area contributed by atoms with E-state index in [1.807, 2.05) is 6.07 Å². The Morgan fingerprint density at radius 1 is 1.39 bits per heavy atom. The maximum atomic E-state index is 12.4. The third-order valence-corrected chi connectivity index (χ3v) is 3.85. The van der Waals surface area contributed by atoms with Crippen molar-refractivity contribution in [3.05, 3.63) is 48.4 Å². The lowest BCUT2D eigenvalue weighted by molar-refractivity contribution is -0.128. The molecule has 1 aromatic carbocycles. The van der Waals surface area contributed by atoms with Crippen molar-refractivity contribution in [2.45, 2.75) is 13.0 Å². The molecule has 1 fully saturated rings. The second-order valence-corrected chi connectivity index (χ2v) is 5.48. The molecule has 6 nitrogen and oxygen atoms in total. The van der Waals surface area contributed by atoms with Crippen LogP contribution in [0, 0.1) is 5.92 Å². The smallest absolute Gasteiger partial charge is 0.229 e. The number of methoxy groups -OCH3 is 1. The molecule has 0 unspecified atom stereocenters. The Morgan fingerprint density at radius 2 is 2.26 bits per heavy atom. The molecule has 0 aliphatic carbocycles. The fourth-order valence-electron chi connectivity index (χ4n) is 2.64. The van der Waals surface area contributed by atoms with Crippen LogP contribution in [0.5, 0.6) is 5.75 Å². The van der Waals surface area contributed by atoms with Crippen molar-refractivity contribution in [2.75, 3.05) is 19.0 Å². The van der Waals surface area contributed by atoms with Crippen molar-refractivity contribution in [1.82, 2.24) is 4.90 Å². The van der Waals surface area contributed by atoms with Crippen LogP contribution in [0.3, 0.4) is 0 Å². The fraction of sp³-hybridized carbons (Fsp3) is 0.294. The molecule has 23 heavy (non-hydrogen) atoms. The molecular formula is C17H18N2O4. The quantitative estimate of drug-likeness (QED) is 0.919. The number of ether oxygens (including phenoxy) is 1. The second kappa shape index (κ2) is 6.56. The van der Waals surface area contributed by atoms with Crippen LogP contribution in [0.1, 0.15) is 12.2 Å². The van der Waals surface area contributed by atoms with Crippen molar-refractivity contribution in [3.8, 4) is 5.75 Å². The number of likely N-dealkylation sites (tertiary alicyclic amines) is 1. The summed E-state index contributed by atoms with van der Waals surface area (Å²) in [5, 5.41) is 2.84. The average molecular weight is 314 g/mol. The van der Waals surface area contributed by atoms with E-state index in [0.717, 1.165) is 0 Å². The molecule has 0 spiro atoms. The van der Waals surface area contributed by atoms with Crippen LogP contribution in [-0.2, 0) is 16.1 Å². The number of carbonyl (C=O) groups excluding carboxylic acids is 2. The number of anilines is 1. The minimum absolute atomic E-state index is 0.0350. The number of hydrogen-bond acceptors (Lipinski definition) is 4. The summed E-state index contributed by atoms with van der Waals surface area (Å²) in [6, 6.07) is 10.7. The Hall–Kier alpha value is -2.76. The molecule has 1 aliphatic rings. The zero-order chi connectivity index (χ0) is 16.2. The lowest BCUT2D eigenvalue weighted by atomic mass is 10.1. The van der Waals surface area contributed by atoms with Gasteiger partial charge in [0.25, 0.3) is 0 Å². The first-order valence-corrected chi connectivity index (χ1v) is 7.41. The van der Waals surface area contributed by atoms with E-state index in [0.29, 0.717) is 30.3 Å². The Labute approximate surface area is 134 Å². The van der Waals surface area contributed by atoms with Crippen LogP contribution < -0.4 is 10.1 Å². The van der Waals surface area contributed by atoms with Gasteiger partial charge in [-0.05, 0) is 24.3 Å². The number of nitrogens with one attached hydrogen (secondary N) is 1. The highest BCUT2D eigenvalue weighted by molar-refractivity contribution is 5.97. The number of amides is 2. The number of furan rings is 1. The first kappa shape index (κ1) is 15.1. The predicted octanol–water partition coefficient (Wildman–Crippen LogP) is 2.28. The minimum Gasteiger partial charge on any atom is -0.497 e. The molecule has 0 saturated carbocycles. The first-order valence-electron chi connectivity index (χ1n) is 7.41. The summed E-state index contributed by atoms with van der Waals surface area (Å²) in [5.74, 6) is 0.835. The van der Waals surface area contributed by atoms with Gasteiger partial charge in [-0.2, -0.15) is 0 Å². The molecule has 1 N–H and O–H groups in total. The Balaban J connectivity index is 1.61. The molecule has 0 bridgehead atoms. The van der Waals surface area contributed by atoms with Gasteiger partial charge < -0.3 is 19.4 Å². The van der Waals surface area contributed by atoms with Crippen LogP contribution in [0.25, 0.3) is 0 Å². The van der Waals surface area contributed by atoms with Gasteiger partial charge in [-0.1, -0.05) is 6.07 Å². The Morgan fingerprint density at radius 3 is 3.00 bits per heavy atom. The topological polar surface area (TPSA) is 71.8 Å². The van der Waals surface area contributed by atoms with Crippen molar-refractivity contribution in [1.29, 1.82) is 0 Å². The molecule has 120 valence electrons.